The minimum Gasteiger partial charge on any atom is -0.306 e. The third-order valence-electron chi connectivity index (χ3n) is 4.12. The fourth-order valence-corrected chi connectivity index (χ4v) is 3.14. The number of hydrogen-bond donors (Lipinski definition) is 0. The van der Waals surface area contributed by atoms with Crippen LogP contribution in [0.1, 0.15) is 11.3 Å². The van der Waals surface area contributed by atoms with Gasteiger partial charge < -0.3 is 4.90 Å². The molecule has 0 N–H and O–H groups in total. The number of benzene rings is 1. The molecule has 2 aromatic heterocycles. The monoisotopic (exact) mass is 353 g/mol. The predicted molar refractivity (Wildman–Crippen MR) is 93.8 cm³/mol. The number of pyridine rings is 2. The summed E-state index contributed by atoms with van der Waals surface area (Å²) in [5.74, 6) is -0.481. The highest BCUT2D eigenvalue weighted by Gasteiger charge is 2.29. The first-order valence-corrected chi connectivity index (χ1v) is 8.12. The molecule has 6 heteroatoms. The lowest BCUT2D eigenvalue weighted by Gasteiger charge is -2.18. The van der Waals surface area contributed by atoms with Gasteiger partial charge in [0.25, 0.3) is 0 Å². The summed E-state index contributed by atoms with van der Waals surface area (Å²) < 4.78 is 13.4. The Labute approximate surface area is 148 Å². The number of carbonyl (C=O) groups excluding carboxylic acids is 1. The Kier molecular flexibility index (Phi) is 3.93. The van der Waals surface area contributed by atoms with E-state index in [1.807, 2.05) is 24.3 Å². The molecule has 25 heavy (non-hydrogen) atoms. The SMILES string of the molecule is O=C1Cc2ncc(-c3cccc(Cl)c3)cc2N1Cc1cncc(F)c1. The van der Waals surface area contributed by atoms with Crippen LogP contribution in [0.5, 0.6) is 0 Å². The molecule has 4 rings (SSSR count). The summed E-state index contributed by atoms with van der Waals surface area (Å²) >= 11 is 6.06. The van der Waals surface area contributed by atoms with Crippen molar-refractivity contribution in [1.82, 2.24) is 9.97 Å². The van der Waals surface area contributed by atoms with Crippen LogP contribution in [0.25, 0.3) is 11.1 Å². The van der Waals surface area contributed by atoms with Gasteiger partial charge in [0.1, 0.15) is 5.82 Å². The van der Waals surface area contributed by atoms with Gasteiger partial charge in [-0.05, 0) is 35.4 Å². The van der Waals surface area contributed by atoms with Gasteiger partial charge >= 0.3 is 0 Å². The number of rotatable bonds is 3. The quantitative estimate of drug-likeness (QED) is 0.714. The minimum absolute atomic E-state index is 0.0602. The average Bonchev–Trinajstić information content (AvgIpc) is 2.90. The van der Waals surface area contributed by atoms with Gasteiger partial charge in [0.2, 0.25) is 5.91 Å². The summed E-state index contributed by atoms with van der Waals surface area (Å²) in [6.45, 7) is 0.261. The highest BCUT2D eigenvalue weighted by Crippen LogP contribution is 2.33. The molecule has 0 saturated heterocycles. The summed E-state index contributed by atoms with van der Waals surface area (Å²) in [7, 11) is 0. The van der Waals surface area contributed by atoms with Crippen LogP contribution in [0.3, 0.4) is 0 Å². The van der Waals surface area contributed by atoms with E-state index in [4.69, 9.17) is 11.6 Å². The Hall–Kier alpha value is -2.79. The lowest BCUT2D eigenvalue weighted by atomic mass is 10.1. The largest absolute Gasteiger partial charge is 0.306 e. The second-order valence-electron chi connectivity index (χ2n) is 5.87. The zero-order chi connectivity index (χ0) is 17.4. The van der Waals surface area contributed by atoms with Gasteiger partial charge in [0.05, 0.1) is 30.5 Å². The minimum atomic E-state index is -0.421. The topological polar surface area (TPSA) is 46.1 Å². The normalized spacial score (nSPS) is 13.2. The van der Waals surface area contributed by atoms with Crippen LogP contribution in [0.2, 0.25) is 5.02 Å². The number of anilines is 1. The van der Waals surface area contributed by atoms with Gasteiger partial charge in [-0.3, -0.25) is 14.8 Å². The first-order chi connectivity index (χ1) is 12.1. The molecule has 1 amide bonds. The molecular formula is C19H13ClFN3O. The van der Waals surface area contributed by atoms with E-state index < -0.39 is 5.82 Å². The maximum atomic E-state index is 13.4. The maximum absolute atomic E-state index is 13.4. The molecule has 1 aliphatic heterocycles. The molecule has 3 aromatic rings. The van der Waals surface area contributed by atoms with Crippen LogP contribution in [-0.2, 0) is 17.8 Å². The Morgan fingerprint density at radius 1 is 1.12 bits per heavy atom. The first kappa shape index (κ1) is 15.7. The summed E-state index contributed by atoms with van der Waals surface area (Å²) in [4.78, 5) is 22.3. The molecule has 1 aliphatic rings. The number of halogens is 2. The van der Waals surface area contributed by atoms with Gasteiger partial charge in [-0.25, -0.2) is 4.39 Å². The van der Waals surface area contributed by atoms with Crippen LogP contribution in [0.4, 0.5) is 10.1 Å². The Balaban J connectivity index is 1.71. The van der Waals surface area contributed by atoms with Crippen LogP contribution in [0, 0.1) is 5.82 Å². The molecule has 0 atom stereocenters. The van der Waals surface area contributed by atoms with Gasteiger partial charge in [-0.1, -0.05) is 23.7 Å². The number of carbonyl (C=O) groups is 1. The molecule has 4 nitrogen and oxygen atoms in total. The molecule has 124 valence electrons. The molecule has 0 saturated carbocycles. The lowest BCUT2D eigenvalue weighted by Crippen LogP contribution is -2.26. The van der Waals surface area contributed by atoms with E-state index in [1.165, 1.54) is 6.07 Å². The van der Waals surface area contributed by atoms with E-state index in [9.17, 15) is 9.18 Å². The molecule has 0 unspecified atom stereocenters. The maximum Gasteiger partial charge on any atom is 0.233 e. The summed E-state index contributed by atoms with van der Waals surface area (Å²) in [5.41, 5.74) is 3.90. The molecule has 1 aromatic carbocycles. The molecular weight excluding hydrogens is 341 g/mol. The highest BCUT2D eigenvalue weighted by atomic mass is 35.5. The van der Waals surface area contributed by atoms with E-state index in [0.717, 1.165) is 28.7 Å². The Morgan fingerprint density at radius 2 is 2.00 bits per heavy atom. The van der Waals surface area contributed by atoms with Crippen molar-refractivity contribution in [1.29, 1.82) is 0 Å². The van der Waals surface area contributed by atoms with Crippen LogP contribution >= 0.6 is 11.6 Å². The number of aromatic nitrogens is 2. The Morgan fingerprint density at radius 3 is 2.80 bits per heavy atom. The van der Waals surface area contributed by atoms with Crippen LogP contribution < -0.4 is 4.90 Å². The highest BCUT2D eigenvalue weighted by molar-refractivity contribution is 6.30. The third kappa shape index (κ3) is 3.10. The summed E-state index contributed by atoms with van der Waals surface area (Å²) in [5, 5.41) is 0.636. The van der Waals surface area contributed by atoms with E-state index >= 15 is 0 Å². The molecule has 0 radical (unpaired) electrons. The van der Waals surface area contributed by atoms with E-state index in [0.29, 0.717) is 10.6 Å². The van der Waals surface area contributed by atoms with E-state index in [2.05, 4.69) is 9.97 Å². The predicted octanol–water partition coefficient (Wildman–Crippen LogP) is 4.03. The standard InChI is InChI=1S/C19H13ClFN3O/c20-15-3-1-2-13(5-15)14-6-18-17(23-9-14)7-19(25)24(18)11-12-4-16(21)10-22-8-12/h1-6,8-10H,7,11H2. The van der Waals surface area contributed by atoms with E-state index in [1.54, 1.807) is 23.4 Å². The van der Waals surface area contributed by atoms with Gasteiger partial charge in [0, 0.05) is 23.0 Å². The van der Waals surface area contributed by atoms with Crippen molar-refractivity contribution in [3.05, 3.63) is 77.1 Å². The number of amides is 1. The fraction of sp³-hybridized carbons (Fsp3) is 0.105. The van der Waals surface area contributed by atoms with E-state index in [-0.39, 0.29) is 18.9 Å². The molecule has 0 fully saturated rings. The van der Waals surface area contributed by atoms with Crippen molar-refractivity contribution in [3.63, 3.8) is 0 Å². The fourth-order valence-electron chi connectivity index (χ4n) is 2.95. The third-order valence-corrected chi connectivity index (χ3v) is 4.35. The zero-order valence-corrected chi connectivity index (χ0v) is 13.9. The summed E-state index contributed by atoms with van der Waals surface area (Å²) in [6, 6.07) is 10.8. The van der Waals surface area contributed by atoms with Gasteiger partial charge in [0.15, 0.2) is 0 Å². The number of nitrogens with zero attached hydrogens (tertiary/aromatic N) is 3. The molecule has 0 spiro atoms. The van der Waals surface area contributed by atoms with Crippen molar-refractivity contribution in [2.45, 2.75) is 13.0 Å². The molecule has 3 heterocycles. The Bertz CT molecular complexity index is 976. The lowest BCUT2D eigenvalue weighted by molar-refractivity contribution is -0.117. The van der Waals surface area contributed by atoms with Crippen molar-refractivity contribution in [2.75, 3.05) is 4.90 Å². The van der Waals surface area contributed by atoms with Crippen molar-refractivity contribution in [2.24, 2.45) is 0 Å². The number of fused-ring (bicyclic) bond motifs is 1. The second kappa shape index (κ2) is 6.26. The second-order valence-corrected chi connectivity index (χ2v) is 6.30. The van der Waals surface area contributed by atoms with Crippen molar-refractivity contribution < 1.29 is 9.18 Å². The smallest absolute Gasteiger partial charge is 0.233 e. The summed E-state index contributed by atoms with van der Waals surface area (Å²) in [6.07, 6.45) is 4.68. The van der Waals surface area contributed by atoms with Gasteiger partial charge in [-0.15, -0.1) is 0 Å². The first-order valence-electron chi connectivity index (χ1n) is 7.75. The zero-order valence-electron chi connectivity index (χ0n) is 13.1. The number of hydrogen-bond acceptors (Lipinski definition) is 3. The molecule has 0 aliphatic carbocycles. The van der Waals surface area contributed by atoms with Crippen molar-refractivity contribution >= 4 is 23.2 Å². The van der Waals surface area contributed by atoms with Gasteiger partial charge in [-0.2, -0.15) is 0 Å². The van der Waals surface area contributed by atoms with Crippen LogP contribution in [-0.4, -0.2) is 15.9 Å². The van der Waals surface area contributed by atoms with Crippen molar-refractivity contribution in [3.8, 4) is 11.1 Å². The average molecular weight is 354 g/mol. The van der Waals surface area contributed by atoms with Crippen LogP contribution in [0.15, 0.2) is 55.0 Å². The molecule has 0 bridgehead atoms.